The summed E-state index contributed by atoms with van der Waals surface area (Å²) in [5.41, 5.74) is 4.23. The molecule has 1 aliphatic rings. The van der Waals surface area contributed by atoms with Gasteiger partial charge in [0.05, 0.1) is 35.0 Å². The molecule has 0 amide bonds. The zero-order valence-electron chi connectivity index (χ0n) is 16.8. The van der Waals surface area contributed by atoms with Crippen molar-refractivity contribution in [2.45, 2.75) is 32.4 Å². The maximum atomic E-state index is 12.5. The number of aromatic nitrogens is 5. The van der Waals surface area contributed by atoms with Gasteiger partial charge in [0.1, 0.15) is 0 Å². The lowest BCUT2D eigenvalue weighted by atomic mass is 10.2. The Morgan fingerprint density at radius 1 is 1.03 bits per heavy atom. The molecule has 7 nitrogen and oxygen atoms in total. The van der Waals surface area contributed by atoms with Crippen LogP contribution < -0.4 is 10.5 Å². The molecule has 1 unspecified atom stereocenters. The Hall–Kier alpha value is -3.61. The fourth-order valence-corrected chi connectivity index (χ4v) is 4.10. The summed E-state index contributed by atoms with van der Waals surface area (Å²) in [5.74, 6) is 0.896. The molecular formula is C23H22N6O. The van der Waals surface area contributed by atoms with Gasteiger partial charge < -0.3 is 4.90 Å². The lowest BCUT2D eigenvalue weighted by Crippen LogP contribution is -2.38. The van der Waals surface area contributed by atoms with Gasteiger partial charge in [-0.3, -0.25) is 9.78 Å². The Balaban J connectivity index is 1.47. The molecule has 0 N–H and O–H groups in total. The van der Waals surface area contributed by atoms with Crippen molar-refractivity contribution in [3.8, 4) is 11.3 Å². The molecule has 0 radical (unpaired) electrons. The van der Waals surface area contributed by atoms with Crippen LogP contribution in [0.2, 0.25) is 0 Å². The molecule has 5 rings (SSSR count). The number of hydrogen-bond acceptors (Lipinski definition) is 6. The van der Waals surface area contributed by atoms with E-state index in [2.05, 4.69) is 15.0 Å². The van der Waals surface area contributed by atoms with Crippen LogP contribution in [-0.4, -0.2) is 37.3 Å². The largest absolute Gasteiger partial charge is 0.350 e. The monoisotopic (exact) mass is 398 g/mol. The van der Waals surface area contributed by atoms with E-state index < -0.39 is 0 Å². The Morgan fingerprint density at radius 2 is 1.87 bits per heavy atom. The highest BCUT2D eigenvalue weighted by Gasteiger charge is 2.28. The lowest BCUT2D eigenvalue weighted by molar-refractivity contribution is 0.488. The first-order chi connectivity index (χ1) is 14.7. The minimum atomic E-state index is -0.101. The number of hydrogen-bond donors (Lipinski definition) is 0. The summed E-state index contributed by atoms with van der Waals surface area (Å²) < 4.78 is 1.56. The van der Waals surface area contributed by atoms with Crippen LogP contribution in [0, 0.1) is 6.92 Å². The summed E-state index contributed by atoms with van der Waals surface area (Å²) in [4.78, 5) is 28.6. The maximum absolute atomic E-state index is 12.5. The quantitative estimate of drug-likeness (QED) is 0.525. The second kappa shape index (κ2) is 7.67. The smallest absolute Gasteiger partial charge is 0.266 e. The number of benzene rings is 1. The zero-order valence-corrected chi connectivity index (χ0v) is 16.8. The topological polar surface area (TPSA) is 76.8 Å². The van der Waals surface area contributed by atoms with Gasteiger partial charge >= 0.3 is 0 Å². The molecule has 0 spiro atoms. The summed E-state index contributed by atoms with van der Waals surface area (Å²) >= 11 is 0. The van der Waals surface area contributed by atoms with Gasteiger partial charge in [0.2, 0.25) is 0 Å². The number of para-hydroxylation sites is 2. The number of rotatable bonds is 4. The summed E-state index contributed by atoms with van der Waals surface area (Å²) in [6.07, 6.45) is 5.52. The molecule has 0 saturated carbocycles. The van der Waals surface area contributed by atoms with Crippen molar-refractivity contribution in [1.82, 2.24) is 24.7 Å². The first-order valence-electron chi connectivity index (χ1n) is 10.2. The molecule has 3 aromatic heterocycles. The molecule has 150 valence electrons. The minimum absolute atomic E-state index is 0.101. The van der Waals surface area contributed by atoms with Gasteiger partial charge in [0.25, 0.3) is 5.56 Å². The highest BCUT2D eigenvalue weighted by molar-refractivity contribution is 5.76. The normalized spacial score (nSPS) is 16.3. The van der Waals surface area contributed by atoms with Crippen LogP contribution in [-0.2, 0) is 6.54 Å². The molecule has 4 heterocycles. The fraction of sp³-hybridized carbons (Fsp3) is 0.261. The van der Waals surface area contributed by atoms with Crippen molar-refractivity contribution >= 4 is 16.9 Å². The summed E-state index contributed by atoms with van der Waals surface area (Å²) in [6.45, 7) is 3.41. The van der Waals surface area contributed by atoms with E-state index in [-0.39, 0.29) is 11.6 Å². The van der Waals surface area contributed by atoms with E-state index in [9.17, 15) is 4.79 Å². The van der Waals surface area contributed by atoms with Crippen molar-refractivity contribution in [3.63, 3.8) is 0 Å². The molecular weight excluding hydrogens is 376 g/mol. The Bertz CT molecular complexity index is 1250. The zero-order chi connectivity index (χ0) is 20.5. The third-order valence-corrected chi connectivity index (χ3v) is 5.58. The van der Waals surface area contributed by atoms with Gasteiger partial charge in [-0.15, -0.1) is 0 Å². The van der Waals surface area contributed by atoms with Gasteiger partial charge in [0.15, 0.2) is 5.82 Å². The van der Waals surface area contributed by atoms with E-state index >= 15 is 0 Å². The van der Waals surface area contributed by atoms with Crippen LogP contribution in [0.3, 0.4) is 0 Å². The standard InChI is InChI=1S/C23H22N6O/c1-16-23(26-21-9-3-2-8-20(21)25-16)28-13-5-7-18(28)15-29-22(30)11-10-19(27-29)17-6-4-12-24-14-17/h2-4,6,8-12,14,18H,5,7,13,15H2,1H3. The third kappa shape index (κ3) is 3.43. The van der Waals surface area contributed by atoms with Crippen molar-refractivity contribution in [2.75, 3.05) is 11.4 Å². The number of aryl methyl sites for hydroxylation is 1. The van der Waals surface area contributed by atoms with Crippen LogP contribution in [0.5, 0.6) is 0 Å². The Labute approximate surface area is 174 Å². The Kier molecular flexibility index (Phi) is 4.71. The molecule has 30 heavy (non-hydrogen) atoms. The van der Waals surface area contributed by atoms with Crippen molar-refractivity contribution in [1.29, 1.82) is 0 Å². The molecule has 1 fully saturated rings. The first-order valence-corrected chi connectivity index (χ1v) is 10.2. The predicted molar refractivity (Wildman–Crippen MR) is 116 cm³/mol. The predicted octanol–water partition coefficient (Wildman–Crippen LogP) is 3.23. The van der Waals surface area contributed by atoms with Crippen LogP contribution in [0.1, 0.15) is 18.5 Å². The van der Waals surface area contributed by atoms with Crippen molar-refractivity contribution in [3.05, 3.63) is 77.0 Å². The molecule has 0 bridgehead atoms. The van der Waals surface area contributed by atoms with Crippen molar-refractivity contribution < 1.29 is 0 Å². The lowest BCUT2D eigenvalue weighted by Gasteiger charge is -2.27. The first kappa shape index (κ1) is 18.4. The fourth-order valence-electron chi connectivity index (χ4n) is 4.10. The van der Waals surface area contributed by atoms with Crippen LogP contribution in [0.4, 0.5) is 5.82 Å². The van der Waals surface area contributed by atoms with Crippen LogP contribution >= 0.6 is 0 Å². The number of anilines is 1. The van der Waals surface area contributed by atoms with Crippen LogP contribution in [0.15, 0.2) is 65.7 Å². The van der Waals surface area contributed by atoms with Gasteiger partial charge in [-0.2, -0.15) is 5.10 Å². The second-order valence-electron chi connectivity index (χ2n) is 7.59. The summed E-state index contributed by atoms with van der Waals surface area (Å²) in [7, 11) is 0. The van der Waals surface area contributed by atoms with Gasteiger partial charge in [-0.05, 0) is 50.1 Å². The summed E-state index contributed by atoms with van der Waals surface area (Å²) in [5, 5.41) is 4.61. The SMILES string of the molecule is Cc1nc2ccccc2nc1N1CCCC1Cn1nc(-c2cccnc2)ccc1=O. The van der Waals surface area contributed by atoms with Crippen LogP contribution in [0.25, 0.3) is 22.3 Å². The molecule has 4 aromatic rings. The van der Waals surface area contributed by atoms with Gasteiger partial charge in [-0.1, -0.05) is 12.1 Å². The van der Waals surface area contributed by atoms with E-state index in [0.717, 1.165) is 53.2 Å². The molecule has 7 heteroatoms. The van der Waals surface area contributed by atoms with E-state index in [1.165, 1.54) is 0 Å². The average molecular weight is 398 g/mol. The highest BCUT2D eigenvalue weighted by Crippen LogP contribution is 2.28. The Morgan fingerprint density at radius 3 is 2.67 bits per heavy atom. The van der Waals surface area contributed by atoms with Crippen molar-refractivity contribution in [2.24, 2.45) is 0 Å². The maximum Gasteiger partial charge on any atom is 0.266 e. The number of fused-ring (bicyclic) bond motifs is 1. The summed E-state index contributed by atoms with van der Waals surface area (Å²) in [6, 6.07) is 15.2. The molecule has 1 aliphatic heterocycles. The molecule has 1 atom stereocenters. The molecule has 1 saturated heterocycles. The van der Waals surface area contributed by atoms with Gasteiger partial charge in [0, 0.05) is 30.6 Å². The minimum Gasteiger partial charge on any atom is -0.350 e. The number of nitrogens with zero attached hydrogens (tertiary/aromatic N) is 6. The molecule has 0 aliphatic carbocycles. The average Bonchev–Trinajstić information content (AvgIpc) is 3.23. The molecule has 1 aromatic carbocycles. The highest BCUT2D eigenvalue weighted by atomic mass is 16.1. The third-order valence-electron chi connectivity index (χ3n) is 5.58. The number of pyridine rings is 1. The van der Waals surface area contributed by atoms with E-state index in [1.807, 2.05) is 43.3 Å². The van der Waals surface area contributed by atoms with E-state index in [4.69, 9.17) is 9.97 Å². The van der Waals surface area contributed by atoms with E-state index in [1.54, 1.807) is 29.2 Å². The van der Waals surface area contributed by atoms with E-state index in [0.29, 0.717) is 6.54 Å². The van der Waals surface area contributed by atoms with Gasteiger partial charge in [-0.25, -0.2) is 14.6 Å². The second-order valence-corrected chi connectivity index (χ2v) is 7.59.